The lowest BCUT2D eigenvalue weighted by Crippen LogP contribution is -2.27. The average Bonchev–Trinajstić information content (AvgIpc) is 3.63. The summed E-state index contributed by atoms with van der Waals surface area (Å²) in [5, 5.41) is 8.81. The lowest BCUT2D eigenvalue weighted by atomic mass is 10.1. The Morgan fingerprint density at radius 1 is 1.00 bits per heavy atom. The number of nitrogens with one attached hydrogen (secondary N) is 1. The number of pyridine rings is 1. The average molecular weight is 533 g/mol. The van der Waals surface area contributed by atoms with Gasteiger partial charge in [-0.3, -0.25) is 4.79 Å². The highest BCUT2D eigenvalue weighted by Crippen LogP contribution is 2.35. The number of hydrogen-bond donors (Lipinski definition) is 2. The molecule has 4 heterocycles. The van der Waals surface area contributed by atoms with E-state index in [1.54, 1.807) is 12.3 Å². The van der Waals surface area contributed by atoms with Crippen molar-refractivity contribution in [2.75, 3.05) is 30.7 Å². The van der Waals surface area contributed by atoms with E-state index in [2.05, 4.69) is 20.3 Å². The van der Waals surface area contributed by atoms with Gasteiger partial charge in [0.1, 0.15) is 35.2 Å². The standard InChI is InChI=1S/C30H28N8O2/c31-29-27-28(21-11-13-24(14-12-21)40-23-7-2-1-3-8-23)36-38(30(27)35-20-34-29)22-15-18-37(19-22)26(39)10-6-17-33-25-9-4-5-16-32-25/h1-14,16,20,22H,15,17-19H2,(H,32,33)(H2,31,34,35). The van der Waals surface area contributed by atoms with Gasteiger partial charge in [0.05, 0.1) is 11.4 Å². The molecule has 40 heavy (non-hydrogen) atoms. The number of nitrogen functional groups attached to an aromatic ring is 1. The fourth-order valence-electron chi connectivity index (χ4n) is 4.80. The van der Waals surface area contributed by atoms with E-state index in [9.17, 15) is 4.79 Å². The minimum Gasteiger partial charge on any atom is -0.457 e. The number of fused-ring (bicyclic) bond motifs is 1. The molecule has 0 aliphatic carbocycles. The van der Waals surface area contributed by atoms with Gasteiger partial charge >= 0.3 is 0 Å². The SMILES string of the molecule is Nc1ncnc2c1c(-c1ccc(Oc3ccccc3)cc1)nn2C1CCN(C(=O)C=CCNc2ccccn2)C1. The summed E-state index contributed by atoms with van der Waals surface area (Å²) < 4.78 is 7.82. The van der Waals surface area contributed by atoms with Gasteiger partial charge in [0.15, 0.2) is 5.65 Å². The van der Waals surface area contributed by atoms with Crippen molar-refractivity contribution in [3.8, 4) is 22.8 Å². The molecule has 1 unspecified atom stereocenters. The number of benzene rings is 2. The first-order chi connectivity index (χ1) is 19.7. The number of carbonyl (C=O) groups is 1. The number of anilines is 2. The molecule has 2 aromatic carbocycles. The molecule has 1 fully saturated rings. The van der Waals surface area contributed by atoms with Crippen molar-refractivity contribution in [2.24, 2.45) is 0 Å². The molecule has 10 nitrogen and oxygen atoms in total. The molecule has 0 spiro atoms. The van der Waals surface area contributed by atoms with Crippen LogP contribution in [-0.4, -0.2) is 55.2 Å². The number of carbonyl (C=O) groups excluding carboxylic acids is 1. The Labute approximate surface area is 231 Å². The molecular formula is C30H28N8O2. The maximum absolute atomic E-state index is 12.8. The molecule has 1 atom stereocenters. The molecule has 3 N–H and O–H groups in total. The predicted octanol–water partition coefficient (Wildman–Crippen LogP) is 4.70. The molecule has 0 bridgehead atoms. The lowest BCUT2D eigenvalue weighted by molar-refractivity contribution is -0.125. The van der Waals surface area contributed by atoms with E-state index in [0.717, 1.165) is 29.3 Å². The van der Waals surface area contributed by atoms with Crippen molar-refractivity contribution in [3.05, 3.63) is 97.5 Å². The third-order valence-corrected chi connectivity index (χ3v) is 6.77. The highest BCUT2D eigenvalue weighted by molar-refractivity contribution is 5.98. The van der Waals surface area contributed by atoms with Crippen LogP contribution in [0.2, 0.25) is 0 Å². The Balaban J connectivity index is 1.18. The largest absolute Gasteiger partial charge is 0.457 e. The van der Waals surface area contributed by atoms with Crippen LogP contribution >= 0.6 is 0 Å². The molecule has 6 rings (SSSR count). The zero-order valence-electron chi connectivity index (χ0n) is 21.7. The van der Waals surface area contributed by atoms with Crippen LogP contribution in [0.15, 0.2) is 97.5 Å². The van der Waals surface area contributed by atoms with Crippen LogP contribution < -0.4 is 15.8 Å². The third kappa shape index (κ3) is 5.32. The number of hydrogen-bond acceptors (Lipinski definition) is 8. The molecule has 0 radical (unpaired) electrons. The van der Waals surface area contributed by atoms with Gasteiger partial charge < -0.3 is 20.7 Å². The van der Waals surface area contributed by atoms with Gasteiger partial charge in [0, 0.05) is 37.5 Å². The summed E-state index contributed by atoms with van der Waals surface area (Å²) in [4.78, 5) is 27.6. The Morgan fingerprint density at radius 3 is 2.60 bits per heavy atom. The van der Waals surface area contributed by atoms with E-state index in [1.807, 2.05) is 88.5 Å². The van der Waals surface area contributed by atoms with Crippen molar-refractivity contribution in [3.63, 3.8) is 0 Å². The molecule has 5 aromatic rings. The molecule has 10 heteroatoms. The van der Waals surface area contributed by atoms with E-state index in [4.69, 9.17) is 15.6 Å². The van der Waals surface area contributed by atoms with Crippen LogP contribution in [0.1, 0.15) is 12.5 Å². The Morgan fingerprint density at radius 2 is 1.80 bits per heavy atom. The lowest BCUT2D eigenvalue weighted by Gasteiger charge is -2.15. The van der Waals surface area contributed by atoms with Gasteiger partial charge in [0.2, 0.25) is 5.91 Å². The predicted molar refractivity (Wildman–Crippen MR) is 154 cm³/mol. The molecule has 1 aliphatic rings. The van der Waals surface area contributed by atoms with Crippen LogP contribution in [0.25, 0.3) is 22.3 Å². The van der Waals surface area contributed by atoms with Gasteiger partial charge in [0.25, 0.3) is 0 Å². The highest BCUT2D eigenvalue weighted by atomic mass is 16.5. The molecule has 3 aromatic heterocycles. The molecule has 1 amide bonds. The number of likely N-dealkylation sites (tertiary alicyclic amines) is 1. The van der Waals surface area contributed by atoms with Crippen LogP contribution in [0, 0.1) is 0 Å². The van der Waals surface area contributed by atoms with Crippen LogP contribution in [-0.2, 0) is 4.79 Å². The van der Waals surface area contributed by atoms with E-state index in [0.29, 0.717) is 42.2 Å². The van der Waals surface area contributed by atoms with Crippen molar-refractivity contribution < 1.29 is 9.53 Å². The highest BCUT2D eigenvalue weighted by Gasteiger charge is 2.30. The number of nitrogens with zero attached hydrogens (tertiary/aromatic N) is 6. The molecule has 200 valence electrons. The summed E-state index contributed by atoms with van der Waals surface area (Å²) in [6.45, 7) is 1.67. The van der Waals surface area contributed by atoms with E-state index < -0.39 is 0 Å². The molecule has 1 aliphatic heterocycles. The van der Waals surface area contributed by atoms with Gasteiger partial charge in [-0.15, -0.1) is 0 Å². The normalized spacial score (nSPS) is 15.1. The van der Waals surface area contributed by atoms with Crippen LogP contribution in [0.4, 0.5) is 11.6 Å². The maximum Gasteiger partial charge on any atom is 0.246 e. The third-order valence-electron chi connectivity index (χ3n) is 6.77. The van der Waals surface area contributed by atoms with Gasteiger partial charge in [-0.1, -0.05) is 30.3 Å². The molecule has 0 saturated carbocycles. The summed E-state index contributed by atoms with van der Waals surface area (Å²) in [7, 11) is 0. The van der Waals surface area contributed by atoms with Crippen molar-refractivity contribution in [1.82, 2.24) is 29.6 Å². The topological polar surface area (TPSA) is 124 Å². The second kappa shape index (κ2) is 11.2. The quantitative estimate of drug-likeness (QED) is 0.276. The smallest absolute Gasteiger partial charge is 0.246 e. The summed E-state index contributed by atoms with van der Waals surface area (Å²) in [5.74, 6) is 2.58. The second-order valence-corrected chi connectivity index (χ2v) is 9.42. The zero-order chi connectivity index (χ0) is 27.3. The zero-order valence-corrected chi connectivity index (χ0v) is 21.7. The Kier molecular flexibility index (Phi) is 7.04. The number of aromatic nitrogens is 5. The minimum atomic E-state index is -0.0369. The maximum atomic E-state index is 12.8. The minimum absolute atomic E-state index is 0.0322. The van der Waals surface area contributed by atoms with Crippen molar-refractivity contribution in [2.45, 2.75) is 12.5 Å². The van der Waals surface area contributed by atoms with E-state index in [1.165, 1.54) is 6.33 Å². The van der Waals surface area contributed by atoms with Crippen LogP contribution in [0.5, 0.6) is 11.5 Å². The monoisotopic (exact) mass is 532 g/mol. The fraction of sp³-hybridized carbons (Fsp3) is 0.167. The Bertz CT molecular complexity index is 1640. The second-order valence-electron chi connectivity index (χ2n) is 9.42. The first-order valence-corrected chi connectivity index (χ1v) is 13.1. The number of para-hydroxylation sites is 1. The van der Waals surface area contributed by atoms with E-state index >= 15 is 0 Å². The fourth-order valence-corrected chi connectivity index (χ4v) is 4.80. The summed E-state index contributed by atoms with van der Waals surface area (Å²) in [6, 6.07) is 22.9. The Hall–Kier alpha value is -5.25. The van der Waals surface area contributed by atoms with Crippen molar-refractivity contribution in [1.29, 1.82) is 0 Å². The van der Waals surface area contributed by atoms with Gasteiger partial charge in [-0.2, -0.15) is 5.10 Å². The first-order valence-electron chi connectivity index (χ1n) is 13.1. The summed E-state index contributed by atoms with van der Waals surface area (Å²) >= 11 is 0. The summed E-state index contributed by atoms with van der Waals surface area (Å²) in [6.07, 6.45) is 7.34. The van der Waals surface area contributed by atoms with Crippen molar-refractivity contribution >= 4 is 28.6 Å². The van der Waals surface area contributed by atoms with Gasteiger partial charge in [-0.05, 0) is 55.0 Å². The summed E-state index contributed by atoms with van der Waals surface area (Å²) in [5.41, 5.74) is 8.54. The number of amides is 1. The van der Waals surface area contributed by atoms with Gasteiger partial charge in [-0.25, -0.2) is 19.6 Å². The number of rotatable bonds is 8. The number of ether oxygens (including phenoxy) is 1. The van der Waals surface area contributed by atoms with Crippen LogP contribution in [0.3, 0.4) is 0 Å². The molecule has 1 saturated heterocycles. The first kappa shape index (κ1) is 25.1. The molecular weight excluding hydrogens is 504 g/mol. The number of nitrogens with two attached hydrogens (primary N) is 1. The van der Waals surface area contributed by atoms with E-state index in [-0.39, 0.29) is 11.9 Å².